The first-order valence-corrected chi connectivity index (χ1v) is 11.7. The number of aryl methyl sites for hydroxylation is 2. The van der Waals surface area contributed by atoms with Gasteiger partial charge in [-0.1, -0.05) is 13.8 Å². The lowest BCUT2D eigenvalue weighted by atomic mass is 9.86. The standard InChI is InChI=1S/C23H20FN2O6P/c1-4-12-13-6-11(3)17(24)8-18(13)25-20-14(12)9-26-19(20)7-16-15(21(26)27)10-31-22(28)23(16,5-2)32-33(29)30/h6-8H,4-5,9-10H2,1-3H3/t23-/m0/s1. The van der Waals surface area contributed by atoms with Crippen LogP contribution in [-0.2, 0) is 43.8 Å². The minimum Gasteiger partial charge on any atom is -0.566 e. The zero-order chi connectivity index (χ0) is 23.7. The van der Waals surface area contributed by atoms with E-state index < -0.39 is 25.4 Å². The molecule has 0 saturated carbocycles. The van der Waals surface area contributed by atoms with Crippen molar-refractivity contribution in [3.63, 3.8) is 0 Å². The van der Waals surface area contributed by atoms with Crippen LogP contribution in [0.5, 0.6) is 0 Å². The summed E-state index contributed by atoms with van der Waals surface area (Å²) in [5.41, 5.74) is 1.74. The number of aromatic nitrogens is 2. The van der Waals surface area contributed by atoms with Gasteiger partial charge in [0.25, 0.3) is 5.56 Å². The maximum Gasteiger partial charge on any atom is 0.490 e. The topological polar surface area (TPSA) is 111 Å². The fourth-order valence-corrected chi connectivity index (χ4v) is 5.52. The molecule has 1 aromatic carbocycles. The molecule has 8 nitrogen and oxygen atoms in total. The van der Waals surface area contributed by atoms with E-state index in [0.29, 0.717) is 28.9 Å². The number of hydrogen-bond acceptors (Lipinski definition) is 7. The molecule has 2 aliphatic rings. The third-order valence-electron chi connectivity index (χ3n) is 6.64. The van der Waals surface area contributed by atoms with Crippen molar-refractivity contribution in [2.75, 3.05) is 0 Å². The predicted molar refractivity (Wildman–Crippen MR) is 115 cm³/mol. The second-order valence-corrected chi connectivity index (χ2v) is 8.90. The highest BCUT2D eigenvalue weighted by atomic mass is 31.1. The summed E-state index contributed by atoms with van der Waals surface area (Å²) in [5, 5.41) is 0.828. The molecule has 0 radical (unpaired) electrons. The molecular formula is C23H20FN2O6P. The Morgan fingerprint density at radius 1 is 1.27 bits per heavy atom. The molecule has 170 valence electrons. The van der Waals surface area contributed by atoms with Crippen LogP contribution >= 0.6 is 8.25 Å². The van der Waals surface area contributed by atoms with Crippen molar-refractivity contribution in [3.05, 3.63) is 62.2 Å². The lowest BCUT2D eigenvalue weighted by molar-refractivity contribution is -0.207. The minimum atomic E-state index is -3.40. The maximum absolute atomic E-state index is 14.3. The lowest BCUT2D eigenvalue weighted by Gasteiger charge is -2.31. The van der Waals surface area contributed by atoms with Gasteiger partial charge in [0.1, 0.15) is 12.4 Å². The van der Waals surface area contributed by atoms with Crippen LogP contribution in [-0.4, -0.2) is 15.5 Å². The van der Waals surface area contributed by atoms with Gasteiger partial charge in [0.2, 0.25) is 5.60 Å². The van der Waals surface area contributed by atoms with Gasteiger partial charge in [0, 0.05) is 22.6 Å². The molecule has 3 aromatic rings. The highest BCUT2D eigenvalue weighted by molar-refractivity contribution is 7.30. The van der Waals surface area contributed by atoms with Crippen LogP contribution in [0.3, 0.4) is 0 Å². The Labute approximate surface area is 188 Å². The van der Waals surface area contributed by atoms with Gasteiger partial charge in [-0.2, -0.15) is 0 Å². The summed E-state index contributed by atoms with van der Waals surface area (Å²) in [4.78, 5) is 42.3. The van der Waals surface area contributed by atoms with Gasteiger partial charge >= 0.3 is 14.2 Å². The first-order chi connectivity index (χ1) is 15.7. The molecule has 0 saturated heterocycles. The van der Waals surface area contributed by atoms with E-state index in [1.807, 2.05) is 6.92 Å². The number of esters is 1. The molecule has 4 heterocycles. The van der Waals surface area contributed by atoms with Crippen LogP contribution in [0.25, 0.3) is 22.3 Å². The van der Waals surface area contributed by atoms with Crippen molar-refractivity contribution < 1.29 is 27.9 Å². The third kappa shape index (κ3) is 3.00. The summed E-state index contributed by atoms with van der Waals surface area (Å²) < 4.78 is 37.6. The van der Waals surface area contributed by atoms with E-state index in [0.717, 1.165) is 16.5 Å². The molecule has 2 aliphatic heterocycles. The molecule has 1 unspecified atom stereocenters. The molecule has 2 atom stereocenters. The van der Waals surface area contributed by atoms with E-state index in [1.165, 1.54) is 10.6 Å². The average Bonchev–Trinajstić information content (AvgIpc) is 3.13. The zero-order valence-electron chi connectivity index (χ0n) is 18.2. The van der Waals surface area contributed by atoms with E-state index in [4.69, 9.17) is 9.26 Å². The highest BCUT2D eigenvalue weighted by Crippen LogP contribution is 2.44. The number of halogens is 1. The van der Waals surface area contributed by atoms with Crippen LogP contribution in [0.4, 0.5) is 4.39 Å². The minimum absolute atomic E-state index is 0.0479. The van der Waals surface area contributed by atoms with Crippen LogP contribution < -0.4 is 10.5 Å². The Hall–Kier alpha value is -3.00. The smallest absolute Gasteiger partial charge is 0.490 e. The lowest BCUT2D eigenvalue weighted by Crippen LogP contribution is -2.45. The normalized spacial score (nSPS) is 19.2. The van der Waals surface area contributed by atoms with Crippen LogP contribution in [0.1, 0.15) is 48.1 Å². The van der Waals surface area contributed by atoms with E-state index >= 15 is 0 Å². The van der Waals surface area contributed by atoms with Crippen molar-refractivity contribution in [1.29, 1.82) is 0 Å². The molecular weight excluding hydrogens is 450 g/mol. The first-order valence-electron chi connectivity index (χ1n) is 10.6. The van der Waals surface area contributed by atoms with Gasteiger partial charge in [-0.05, 0) is 47.6 Å². The molecule has 2 aromatic heterocycles. The molecule has 0 amide bonds. The number of cyclic esters (lactones) is 1. The number of benzene rings is 1. The number of nitrogens with zero attached hydrogens (tertiary/aromatic N) is 2. The van der Waals surface area contributed by atoms with Gasteiger partial charge in [-0.3, -0.25) is 4.79 Å². The van der Waals surface area contributed by atoms with Crippen molar-refractivity contribution in [3.8, 4) is 11.4 Å². The first kappa shape index (κ1) is 21.8. The van der Waals surface area contributed by atoms with Gasteiger partial charge < -0.3 is 14.2 Å². The molecule has 0 fully saturated rings. The number of carbonyl (C=O) groups excluding carboxylic acids is 1. The summed E-state index contributed by atoms with van der Waals surface area (Å²) in [7, 11) is -3.40. The second-order valence-electron chi connectivity index (χ2n) is 8.27. The highest BCUT2D eigenvalue weighted by Gasteiger charge is 2.52. The van der Waals surface area contributed by atoms with E-state index in [9.17, 15) is 23.4 Å². The summed E-state index contributed by atoms with van der Waals surface area (Å²) in [6.07, 6.45) is 0.600. The number of rotatable bonds is 4. The number of carbonyl (C=O) groups is 1. The Morgan fingerprint density at radius 3 is 2.70 bits per heavy atom. The summed E-state index contributed by atoms with van der Waals surface area (Å²) >= 11 is 0. The van der Waals surface area contributed by atoms with Crippen molar-refractivity contribution in [2.24, 2.45) is 0 Å². The Kier molecular flexibility index (Phi) is 4.97. The zero-order valence-corrected chi connectivity index (χ0v) is 19.1. The summed E-state index contributed by atoms with van der Waals surface area (Å²) in [6.45, 7) is 5.25. The van der Waals surface area contributed by atoms with Crippen molar-refractivity contribution in [1.82, 2.24) is 9.55 Å². The quantitative estimate of drug-likeness (QED) is 0.333. The van der Waals surface area contributed by atoms with Crippen molar-refractivity contribution in [2.45, 2.75) is 52.4 Å². The van der Waals surface area contributed by atoms with Crippen molar-refractivity contribution >= 4 is 25.1 Å². The number of hydrogen-bond donors (Lipinski definition) is 0. The molecule has 5 rings (SSSR count). The SMILES string of the molecule is CCc1c2c(nc3cc(F)c(C)cc13)-c1cc3c(c(=O)n1C2)COC(=O)[C@@]3(CC)O[P+](=O)[O-]. The molecule has 0 aliphatic carbocycles. The summed E-state index contributed by atoms with van der Waals surface area (Å²) in [6, 6.07) is 4.73. The van der Waals surface area contributed by atoms with Crippen LogP contribution in [0.15, 0.2) is 23.0 Å². The van der Waals surface area contributed by atoms with E-state index in [-0.39, 0.29) is 36.5 Å². The summed E-state index contributed by atoms with van der Waals surface area (Å²) in [5.74, 6) is -1.24. The van der Waals surface area contributed by atoms with E-state index in [2.05, 4.69) is 4.98 Å². The van der Waals surface area contributed by atoms with Crippen LogP contribution in [0, 0.1) is 12.7 Å². The predicted octanol–water partition coefficient (Wildman–Crippen LogP) is 3.13. The van der Waals surface area contributed by atoms with Crippen LogP contribution in [0.2, 0.25) is 0 Å². The Balaban J connectivity index is 1.83. The molecule has 0 N–H and O–H groups in total. The molecule has 33 heavy (non-hydrogen) atoms. The molecule has 0 bridgehead atoms. The monoisotopic (exact) mass is 470 g/mol. The Bertz CT molecular complexity index is 1450. The average molecular weight is 470 g/mol. The maximum atomic E-state index is 14.3. The molecule has 10 heteroatoms. The van der Waals surface area contributed by atoms with Gasteiger partial charge in [-0.15, -0.1) is 4.52 Å². The number of fused-ring (bicyclic) bond motifs is 5. The molecule has 0 spiro atoms. The largest absolute Gasteiger partial charge is 0.566 e. The Morgan fingerprint density at radius 2 is 2.03 bits per heavy atom. The van der Waals surface area contributed by atoms with Gasteiger partial charge in [0.15, 0.2) is 0 Å². The number of ether oxygens (including phenoxy) is 1. The van der Waals surface area contributed by atoms with E-state index in [1.54, 1.807) is 26.0 Å². The van der Waals surface area contributed by atoms with Gasteiger partial charge in [-0.25, -0.2) is 14.2 Å². The second kappa shape index (κ2) is 7.52. The fraction of sp³-hybridized carbons (Fsp3) is 0.348. The number of pyridine rings is 2. The fourth-order valence-electron chi connectivity index (χ4n) is 4.96. The van der Waals surface area contributed by atoms with Gasteiger partial charge in [0.05, 0.1) is 29.0 Å². The third-order valence-corrected chi connectivity index (χ3v) is 7.10.